The molecule has 0 heterocycles. The SMILES string of the molecule is CN[C@H](C(=O)N[C@H](C(=O)N(C)[C@H](C=C(C)C(=O)NS(=O)(=O)c1ccc(CS)cc1)C(C)C)C(C)(C)C)C(C)(C)c1ccccc1. The smallest absolute Gasteiger partial charge is 0.264 e. The van der Waals surface area contributed by atoms with Gasteiger partial charge in [0.1, 0.15) is 6.04 Å². The number of hydrogen-bond acceptors (Lipinski definition) is 7. The molecule has 0 aliphatic heterocycles. The molecule has 0 saturated carbocycles. The molecule has 2 aromatic carbocycles. The number of nitrogens with one attached hydrogen (secondary N) is 3. The zero-order valence-electron chi connectivity index (χ0n) is 28.1. The first kappa shape index (κ1) is 38.0. The molecule has 0 spiro atoms. The van der Waals surface area contributed by atoms with Gasteiger partial charge in [-0.25, -0.2) is 13.1 Å². The number of likely N-dealkylation sites (N-methyl/N-ethyl adjacent to an activating group) is 2. The Labute approximate surface area is 275 Å². The predicted molar refractivity (Wildman–Crippen MR) is 183 cm³/mol. The largest absolute Gasteiger partial charge is 0.342 e. The van der Waals surface area contributed by atoms with Gasteiger partial charge in [-0.3, -0.25) is 14.4 Å². The molecule has 0 aliphatic carbocycles. The van der Waals surface area contributed by atoms with Crippen molar-refractivity contribution in [2.75, 3.05) is 14.1 Å². The van der Waals surface area contributed by atoms with E-state index in [4.69, 9.17) is 0 Å². The second-order valence-corrected chi connectivity index (χ2v) is 15.4. The summed E-state index contributed by atoms with van der Waals surface area (Å²) in [4.78, 5) is 42.3. The van der Waals surface area contributed by atoms with E-state index in [0.717, 1.165) is 11.1 Å². The third-order valence-corrected chi connectivity index (χ3v) is 9.80. The van der Waals surface area contributed by atoms with Gasteiger partial charge in [-0.2, -0.15) is 12.6 Å². The quantitative estimate of drug-likeness (QED) is 0.186. The lowest BCUT2D eigenvalue weighted by atomic mass is 9.76. The number of carbonyl (C=O) groups excluding carboxylic acids is 3. The van der Waals surface area contributed by atoms with Crippen LogP contribution in [0.25, 0.3) is 0 Å². The first-order chi connectivity index (χ1) is 20.8. The summed E-state index contributed by atoms with van der Waals surface area (Å²) in [7, 11) is -0.761. The minimum atomic E-state index is -4.11. The van der Waals surface area contributed by atoms with Crippen molar-refractivity contribution in [3.05, 3.63) is 77.4 Å². The van der Waals surface area contributed by atoms with Gasteiger partial charge in [-0.15, -0.1) is 0 Å². The second kappa shape index (κ2) is 15.4. The summed E-state index contributed by atoms with van der Waals surface area (Å²) in [5, 5.41) is 6.15. The Morgan fingerprint density at radius 2 is 1.49 bits per heavy atom. The third-order valence-electron chi connectivity index (χ3n) is 8.09. The molecule has 248 valence electrons. The highest BCUT2D eigenvalue weighted by Crippen LogP contribution is 2.29. The van der Waals surface area contributed by atoms with Gasteiger partial charge in [0, 0.05) is 23.8 Å². The van der Waals surface area contributed by atoms with E-state index in [1.54, 1.807) is 32.3 Å². The zero-order chi connectivity index (χ0) is 34.3. The van der Waals surface area contributed by atoms with E-state index in [-0.39, 0.29) is 28.2 Å². The average Bonchev–Trinajstić information content (AvgIpc) is 2.97. The summed E-state index contributed by atoms with van der Waals surface area (Å²) >= 11 is 4.18. The molecule has 9 nitrogen and oxygen atoms in total. The van der Waals surface area contributed by atoms with Crippen LogP contribution in [0, 0.1) is 11.3 Å². The van der Waals surface area contributed by atoms with Crippen molar-refractivity contribution in [3.63, 3.8) is 0 Å². The first-order valence-corrected chi connectivity index (χ1v) is 17.1. The second-order valence-electron chi connectivity index (χ2n) is 13.4. The van der Waals surface area contributed by atoms with Crippen molar-refractivity contribution < 1.29 is 22.8 Å². The van der Waals surface area contributed by atoms with E-state index < -0.39 is 44.9 Å². The van der Waals surface area contributed by atoms with E-state index in [9.17, 15) is 22.8 Å². The van der Waals surface area contributed by atoms with Crippen molar-refractivity contribution in [1.82, 2.24) is 20.3 Å². The number of nitrogens with zero attached hydrogens (tertiary/aromatic N) is 1. The van der Waals surface area contributed by atoms with E-state index in [1.165, 1.54) is 24.0 Å². The number of hydrogen-bond donors (Lipinski definition) is 4. The van der Waals surface area contributed by atoms with Crippen LogP contribution in [0.4, 0.5) is 0 Å². The molecule has 0 saturated heterocycles. The van der Waals surface area contributed by atoms with Gasteiger partial charge >= 0.3 is 0 Å². The maximum atomic E-state index is 14.1. The molecule has 0 aromatic heterocycles. The van der Waals surface area contributed by atoms with Crippen LogP contribution in [-0.2, 0) is 35.6 Å². The monoisotopic (exact) mass is 658 g/mol. The van der Waals surface area contributed by atoms with Crippen LogP contribution in [-0.4, -0.2) is 63.3 Å². The normalized spacial score (nSPS) is 14.8. The lowest BCUT2D eigenvalue weighted by molar-refractivity contribution is -0.140. The van der Waals surface area contributed by atoms with Crippen LogP contribution < -0.4 is 15.4 Å². The highest BCUT2D eigenvalue weighted by Gasteiger charge is 2.41. The van der Waals surface area contributed by atoms with Crippen LogP contribution in [0.2, 0.25) is 0 Å². The lowest BCUT2D eigenvalue weighted by Crippen LogP contribution is -2.61. The number of thiol groups is 1. The standard InChI is InChI=1S/C34H50N4O5S2/c1-22(2)27(20-23(3)30(39)37-45(42,43)26-18-16-24(21-44)17-19-26)38(10)32(41)29(33(4,5)6)36-31(40)28(35-9)34(7,8)25-14-12-11-13-15-25/h11-20,22,27-29,35,44H,21H2,1-10H3,(H,36,40)(H,37,39)/t27-,28-,29-/m1/s1. The molecule has 3 N–H and O–H groups in total. The molecule has 0 aliphatic rings. The van der Waals surface area contributed by atoms with E-state index in [2.05, 4.69) is 28.0 Å². The molecular formula is C34H50N4O5S2. The fourth-order valence-corrected chi connectivity index (χ4v) is 6.43. The molecule has 3 atom stereocenters. The first-order valence-electron chi connectivity index (χ1n) is 15.0. The highest BCUT2D eigenvalue weighted by molar-refractivity contribution is 7.90. The van der Waals surface area contributed by atoms with Crippen LogP contribution in [0.5, 0.6) is 0 Å². The number of carbonyl (C=O) groups is 3. The van der Waals surface area contributed by atoms with Crippen molar-refractivity contribution in [1.29, 1.82) is 0 Å². The molecule has 3 amide bonds. The molecule has 0 fully saturated rings. The molecule has 11 heteroatoms. The Morgan fingerprint density at radius 1 is 0.933 bits per heavy atom. The molecule has 0 unspecified atom stereocenters. The highest BCUT2D eigenvalue weighted by atomic mass is 32.2. The lowest BCUT2D eigenvalue weighted by Gasteiger charge is -2.40. The topological polar surface area (TPSA) is 125 Å². The van der Waals surface area contributed by atoms with Crippen LogP contribution in [0.3, 0.4) is 0 Å². The zero-order valence-corrected chi connectivity index (χ0v) is 29.8. The van der Waals surface area contributed by atoms with Crippen molar-refractivity contribution >= 4 is 40.4 Å². The molecular weight excluding hydrogens is 609 g/mol. The summed E-state index contributed by atoms with van der Waals surface area (Å²) < 4.78 is 27.8. The predicted octanol–water partition coefficient (Wildman–Crippen LogP) is 4.45. The third kappa shape index (κ3) is 9.67. The Bertz CT molecular complexity index is 1460. The number of rotatable bonds is 13. The maximum Gasteiger partial charge on any atom is 0.264 e. The van der Waals surface area contributed by atoms with Crippen molar-refractivity contribution in [2.45, 2.75) is 89.6 Å². The number of benzene rings is 2. The molecule has 45 heavy (non-hydrogen) atoms. The van der Waals surface area contributed by atoms with Crippen LogP contribution in [0.1, 0.15) is 66.5 Å². The van der Waals surface area contributed by atoms with Crippen LogP contribution in [0.15, 0.2) is 71.1 Å². The maximum absolute atomic E-state index is 14.1. The summed E-state index contributed by atoms with van der Waals surface area (Å²) in [6.07, 6.45) is 1.59. The minimum absolute atomic E-state index is 0.0408. The molecule has 0 radical (unpaired) electrons. The Balaban J connectivity index is 2.32. The van der Waals surface area contributed by atoms with Gasteiger partial charge in [-0.05, 0) is 48.6 Å². The number of amides is 3. The summed E-state index contributed by atoms with van der Waals surface area (Å²) in [5.41, 5.74) is 0.731. The average molecular weight is 659 g/mol. The Morgan fingerprint density at radius 3 is 1.96 bits per heavy atom. The Hall–Kier alpha value is -3.15. The van der Waals surface area contributed by atoms with Gasteiger partial charge < -0.3 is 15.5 Å². The van der Waals surface area contributed by atoms with Gasteiger partial charge in [0.2, 0.25) is 11.8 Å². The fraction of sp³-hybridized carbons (Fsp3) is 0.500. The molecule has 2 rings (SSSR count). The number of sulfonamides is 1. The van der Waals surface area contributed by atoms with Crippen LogP contribution >= 0.6 is 12.6 Å². The van der Waals surface area contributed by atoms with Gasteiger partial charge in [0.15, 0.2) is 0 Å². The van der Waals surface area contributed by atoms with Gasteiger partial charge in [0.25, 0.3) is 15.9 Å². The summed E-state index contributed by atoms with van der Waals surface area (Å²) in [5.74, 6) is -1.11. The van der Waals surface area contributed by atoms with Gasteiger partial charge in [0.05, 0.1) is 17.0 Å². The minimum Gasteiger partial charge on any atom is -0.342 e. The molecule has 0 bridgehead atoms. The fourth-order valence-electron chi connectivity index (χ4n) is 5.20. The van der Waals surface area contributed by atoms with E-state index >= 15 is 0 Å². The summed E-state index contributed by atoms with van der Waals surface area (Å²) in [6, 6.07) is 13.7. The van der Waals surface area contributed by atoms with E-state index in [1.807, 2.05) is 78.8 Å². The van der Waals surface area contributed by atoms with Gasteiger partial charge in [-0.1, -0.05) is 97.0 Å². The van der Waals surface area contributed by atoms with Crippen molar-refractivity contribution in [3.8, 4) is 0 Å². The Kier molecular flexibility index (Phi) is 13.0. The summed E-state index contributed by atoms with van der Waals surface area (Å²) in [6.45, 7) is 14.9. The molecule has 2 aromatic rings. The van der Waals surface area contributed by atoms with E-state index in [0.29, 0.717) is 5.75 Å². The van der Waals surface area contributed by atoms with Crippen molar-refractivity contribution in [2.24, 2.45) is 11.3 Å².